The first-order chi connectivity index (χ1) is 17.5. The van der Waals surface area contributed by atoms with Crippen LogP contribution in [0.25, 0.3) is 0 Å². The van der Waals surface area contributed by atoms with Gasteiger partial charge in [0.15, 0.2) is 0 Å². The quantitative estimate of drug-likeness (QED) is 0.393. The molecule has 0 unspecified atom stereocenters. The van der Waals surface area contributed by atoms with Crippen LogP contribution in [-0.2, 0) is 26.2 Å². The van der Waals surface area contributed by atoms with Gasteiger partial charge < -0.3 is 15.0 Å². The van der Waals surface area contributed by atoms with Crippen molar-refractivity contribution in [1.82, 2.24) is 10.2 Å². The molecule has 10 heteroatoms. The van der Waals surface area contributed by atoms with Gasteiger partial charge in [0.2, 0.25) is 21.8 Å². The van der Waals surface area contributed by atoms with E-state index in [1.807, 2.05) is 20.8 Å². The maximum absolute atomic E-state index is 13.4. The van der Waals surface area contributed by atoms with E-state index >= 15 is 0 Å². The Bertz CT molecular complexity index is 1140. The molecule has 0 spiro atoms. The smallest absolute Gasteiger partial charge is 0.243 e. The number of ether oxygens (including phenoxy) is 1. The molecule has 0 aromatic heterocycles. The van der Waals surface area contributed by atoms with Crippen LogP contribution in [0.15, 0.2) is 48.5 Å². The summed E-state index contributed by atoms with van der Waals surface area (Å²) >= 11 is 0. The molecule has 0 bridgehead atoms. The summed E-state index contributed by atoms with van der Waals surface area (Å²) in [7, 11) is -2.11. The molecule has 204 valence electrons. The van der Waals surface area contributed by atoms with Crippen LogP contribution in [0.5, 0.6) is 5.75 Å². The Kier molecular flexibility index (Phi) is 11.4. The van der Waals surface area contributed by atoms with Gasteiger partial charge in [-0.3, -0.25) is 13.9 Å². The molecule has 2 aromatic rings. The monoisotopic (exact) mass is 535 g/mol. The predicted molar refractivity (Wildman–Crippen MR) is 143 cm³/mol. The first-order valence-electron chi connectivity index (χ1n) is 12.5. The fourth-order valence-corrected chi connectivity index (χ4v) is 4.87. The van der Waals surface area contributed by atoms with Gasteiger partial charge in [0, 0.05) is 31.6 Å². The molecular formula is C27H38FN3O5S. The van der Waals surface area contributed by atoms with Gasteiger partial charge in [0.05, 0.1) is 19.1 Å². The summed E-state index contributed by atoms with van der Waals surface area (Å²) in [6.45, 7) is 5.91. The maximum atomic E-state index is 13.4. The lowest BCUT2D eigenvalue weighted by molar-refractivity contribution is -0.141. The molecule has 0 radical (unpaired) electrons. The Hall–Kier alpha value is -3.14. The summed E-state index contributed by atoms with van der Waals surface area (Å²) in [6.07, 6.45) is 2.53. The van der Waals surface area contributed by atoms with Crippen molar-refractivity contribution in [2.45, 2.75) is 65.1 Å². The molecule has 0 heterocycles. The topological polar surface area (TPSA) is 96.0 Å². The van der Waals surface area contributed by atoms with Gasteiger partial charge in [-0.05, 0) is 56.0 Å². The van der Waals surface area contributed by atoms with Crippen molar-refractivity contribution in [3.8, 4) is 5.75 Å². The molecule has 0 saturated heterocycles. The number of anilines is 1. The standard InChI is InChI=1S/C27H38FN3O5S/c1-6-20(3)29-27(33)25(7-2)30(19-21-13-15-22(28)16-14-21)26(32)12-9-17-31(37(5,34)35)23-10-8-11-24(18-23)36-4/h8,10-11,13-16,18,20,25H,6-7,9,12,17,19H2,1-5H3,(H,29,33)/t20-,25-/m0/s1. The first-order valence-corrected chi connectivity index (χ1v) is 14.3. The molecular weight excluding hydrogens is 497 g/mol. The van der Waals surface area contributed by atoms with Gasteiger partial charge >= 0.3 is 0 Å². The van der Waals surface area contributed by atoms with E-state index in [1.54, 1.807) is 36.4 Å². The third-order valence-electron chi connectivity index (χ3n) is 6.15. The molecule has 8 nitrogen and oxygen atoms in total. The fourth-order valence-electron chi connectivity index (χ4n) is 3.92. The zero-order valence-corrected chi connectivity index (χ0v) is 23.1. The van der Waals surface area contributed by atoms with Crippen molar-refractivity contribution in [1.29, 1.82) is 0 Å². The number of nitrogens with one attached hydrogen (secondary N) is 1. The molecule has 0 aliphatic rings. The van der Waals surface area contributed by atoms with Crippen LogP contribution in [0.1, 0.15) is 52.0 Å². The number of hydrogen-bond acceptors (Lipinski definition) is 5. The highest BCUT2D eigenvalue weighted by molar-refractivity contribution is 7.92. The van der Waals surface area contributed by atoms with Crippen LogP contribution < -0.4 is 14.4 Å². The molecule has 0 aliphatic carbocycles. The minimum Gasteiger partial charge on any atom is -0.497 e. The van der Waals surface area contributed by atoms with E-state index < -0.39 is 16.1 Å². The SMILES string of the molecule is CC[C@H](C)NC(=O)[C@H](CC)N(Cc1ccc(F)cc1)C(=O)CCCN(c1cccc(OC)c1)S(C)(=O)=O. The Morgan fingerprint density at radius 2 is 1.76 bits per heavy atom. The van der Waals surface area contributed by atoms with Crippen molar-refractivity contribution < 1.29 is 27.1 Å². The second-order valence-electron chi connectivity index (χ2n) is 9.03. The summed E-state index contributed by atoms with van der Waals surface area (Å²) in [6, 6.07) is 11.7. The number of methoxy groups -OCH3 is 1. The third kappa shape index (κ3) is 9.03. The second kappa shape index (κ2) is 14.0. The second-order valence-corrected chi connectivity index (χ2v) is 10.9. The van der Waals surface area contributed by atoms with Crippen LogP contribution in [0, 0.1) is 5.82 Å². The number of hydrogen-bond donors (Lipinski definition) is 1. The molecule has 1 N–H and O–H groups in total. The normalized spacial score (nSPS) is 12.9. The van der Waals surface area contributed by atoms with Gasteiger partial charge in [-0.2, -0.15) is 0 Å². The number of halogens is 1. The van der Waals surface area contributed by atoms with Gasteiger partial charge in [-0.25, -0.2) is 12.8 Å². The largest absolute Gasteiger partial charge is 0.497 e. The number of nitrogens with zero attached hydrogens (tertiary/aromatic N) is 2. The van der Waals surface area contributed by atoms with E-state index in [2.05, 4.69) is 5.32 Å². The Labute approximate surface area is 219 Å². The van der Waals surface area contributed by atoms with Crippen LogP contribution in [0.4, 0.5) is 10.1 Å². The number of carbonyl (C=O) groups excluding carboxylic acids is 2. The lowest BCUT2D eigenvalue weighted by atomic mass is 10.1. The molecule has 2 rings (SSSR count). The summed E-state index contributed by atoms with van der Waals surface area (Å²) < 4.78 is 44.9. The molecule has 0 fully saturated rings. The fraction of sp³-hybridized carbons (Fsp3) is 0.481. The van der Waals surface area contributed by atoms with E-state index in [0.29, 0.717) is 23.4 Å². The van der Waals surface area contributed by atoms with Gasteiger partial charge in [0.1, 0.15) is 17.6 Å². The van der Waals surface area contributed by atoms with Gasteiger partial charge in [0.25, 0.3) is 0 Å². The Morgan fingerprint density at radius 3 is 2.32 bits per heavy atom. The number of benzene rings is 2. The van der Waals surface area contributed by atoms with Crippen molar-refractivity contribution in [3.63, 3.8) is 0 Å². The lowest BCUT2D eigenvalue weighted by Crippen LogP contribution is -2.50. The summed E-state index contributed by atoms with van der Waals surface area (Å²) in [5.74, 6) is -0.400. The molecule has 2 aromatic carbocycles. The van der Waals surface area contributed by atoms with Crippen molar-refractivity contribution >= 4 is 27.5 Å². The average molecular weight is 536 g/mol. The van der Waals surface area contributed by atoms with E-state index in [1.165, 1.54) is 28.4 Å². The maximum Gasteiger partial charge on any atom is 0.243 e. The van der Waals surface area contributed by atoms with Crippen molar-refractivity contribution in [2.24, 2.45) is 0 Å². The molecule has 0 saturated carbocycles. The Morgan fingerprint density at radius 1 is 1.08 bits per heavy atom. The van der Waals surface area contributed by atoms with E-state index in [0.717, 1.165) is 12.7 Å². The van der Waals surface area contributed by atoms with E-state index in [4.69, 9.17) is 4.74 Å². The van der Waals surface area contributed by atoms with E-state index in [-0.39, 0.29) is 49.6 Å². The Balaban J connectivity index is 2.22. The molecule has 37 heavy (non-hydrogen) atoms. The van der Waals surface area contributed by atoms with Crippen LogP contribution >= 0.6 is 0 Å². The van der Waals surface area contributed by atoms with Crippen LogP contribution in [0.3, 0.4) is 0 Å². The van der Waals surface area contributed by atoms with Gasteiger partial charge in [-0.15, -0.1) is 0 Å². The summed E-state index contributed by atoms with van der Waals surface area (Å²) in [5.41, 5.74) is 1.13. The molecule has 2 atom stereocenters. The van der Waals surface area contributed by atoms with Gasteiger partial charge in [-0.1, -0.05) is 32.0 Å². The minimum absolute atomic E-state index is 0.0320. The first kappa shape index (κ1) is 30.1. The van der Waals surface area contributed by atoms with Crippen LogP contribution in [-0.4, -0.2) is 57.1 Å². The zero-order valence-electron chi connectivity index (χ0n) is 22.2. The minimum atomic E-state index is -3.61. The number of rotatable bonds is 14. The van der Waals surface area contributed by atoms with Crippen molar-refractivity contribution in [2.75, 3.05) is 24.2 Å². The highest BCUT2D eigenvalue weighted by Crippen LogP contribution is 2.24. The highest BCUT2D eigenvalue weighted by atomic mass is 32.2. The average Bonchev–Trinajstić information content (AvgIpc) is 2.86. The lowest BCUT2D eigenvalue weighted by Gasteiger charge is -2.32. The third-order valence-corrected chi connectivity index (χ3v) is 7.34. The van der Waals surface area contributed by atoms with Crippen molar-refractivity contribution in [3.05, 3.63) is 59.9 Å². The highest BCUT2D eigenvalue weighted by Gasteiger charge is 2.29. The number of amides is 2. The number of carbonyl (C=O) groups is 2. The summed E-state index contributed by atoms with van der Waals surface area (Å²) in [5, 5.41) is 2.95. The number of sulfonamides is 1. The summed E-state index contributed by atoms with van der Waals surface area (Å²) in [4.78, 5) is 28.0. The zero-order chi connectivity index (χ0) is 27.6. The van der Waals surface area contributed by atoms with E-state index in [9.17, 15) is 22.4 Å². The molecule has 2 amide bonds. The molecule has 0 aliphatic heterocycles. The van der Waals surface area contributed by atoms with Crippen LogP contribution in [0.2, 0.25) is 0 Å². The predicted octanol–water partition coefficient (Wildman–Crippen LogP) is 4.10.